The van der Waals surface area contributed by atoms with Gasteiger partial charge in [-0.15, -0.1) is 11.8 Å². The van der Waals surface area contributed by atoms with Gasteiger partial charge in [0.1, 0.15) is 0 Å². The van der Waals surface area contributed by atoms with Gasteiger partial charge in [0.25, 0.3) is 11.8 Å². The molecule has 164 valence electrons. The molecule has 2 aromatic carbocycles. The zero-order chi connectivity index (χ0) is 23.0. The Balaban J connectivity index is 1.80. The van der Waals surface area contributed by atoms with Gasteiger partial charge in [-0.2, -0.15) is 10.2 Å². The first-order chi connectivity index (χ1) is 14.7. The summed E-state index contributed by atoms with van der Waals surface area (Å²) in [6.07, 6.45) is 2.90. The van der Waals surface area contributed by atoms with Crippen LogP contribution in [-0.4, -0.2) is 34.7 Å². The molecule has 0 spiro atoms. The van der Waals surface area contributed by atoms with Crippen LogP contribution >= 0.6 is 58.2 Å². The van der Waals surface area contributed by atoms with E-state index in [1.165, 1.54) is 24.2 Å². The summed E-state index contributed by atoms with van der Waals surface area (Å²) in [4.78, 5) is 24.4. The summed E-state index contributed by atoms with van der Waals surface area (Å²) >= 11 is 24.7. The van der Waals surface area contributed by atoms with Crippen molar-refractivity contribution in [3.8, 4) is 0 Å². The maximum Gasteiger partial charge on any atom is 0.252 e. The zero-order valence-electron chi connectivity index (χ0n) is 16.4. The molecular formula is C20H18Cl4N4O2S. The lowest BCUT2D eigenvalue weighted by Crippen LogP contribution is -2.33. The fraction of sp³-hybridized carbons (Fsp3) is 0.200. The van der Waals surface area contributed by atoms with Gasteiger partial charge in [0, 0.05) is 0 Å². The van der Waals surface area contributed by atoms with E-state index >= 15 is 0 Å². The van der Waals surface area contributed by atoms with Crippen molar-refractivity contribution in [2.45, 2.75) is 24.3 Å². The summed E-state index contributed by atoms with van der Waals surface area (Å²) in [5.74, 6) is -0.694. The molecule has 11 heteroatoms. The quantitative estimate of drug-likeness (QED) is 0.361. The molecule has 0 radical (unpaired) electrons. The molecule has 2 N–H and O–H groups in total. The Bertz CT molecular complexity index is 937. The fourth-order valence-corrected chi connectivity index (χ4v) is 3.72. The number of rotatable bonds is 8. The summed E-state index contributed by atoms with van der Waals surface area (Å²) in [7, 11) is 0. The first-order valence-corrected chi connectivity index (χ1v) is 11.3. The van der Waals surface area contributed by atoms with Crippen molar-refractivity contribution in [3.63, 3.8) is 0 Å². The lowest BCUT2D eigenvalue weighted by Gasteiger charge is -2.14. The Kier molecular flexibility index (Phi) is 10.1. The fourth-order valence-electron chi connectivity index (χ4n) is 2.14. The highest BCUT2D eigenvalue weighted by Gasteiger charge is 2.21. The van der Waals surface area contributed by atoms with Crippen molar-refractivity contribution in [1.29, 1.82) is 0 Å². The van der Waals surface area contributed by atoms with Crippen LogP contribution in [0.3, 0.4) is 0 Å². The van der Waals surface area contributed by atoms with Crippen LogP contribution in [0.2, 0.25) is 20.1 Å². The van der Waals surface area contributed by atoms with Crippen molar-refractivity contribution in [2.24, 2.45) is 10.2 Å². The first-order valence-electron chi connectivity index (χ1n) is 8.88. The predicted octanol–water partition coefficient (Wildman–Crippen LogP) is 5.41. The van der Waals surface area contributed by atoms with Gasteiger partial charge < -0.3 is 0 Å². The molecule has 0 aromatic heterocycles. The van der Waals surface area contributed by atoms with E-state index in [9.17, 15) is 9.59 Å². The summed E-state index contributed by atoms with van der Waals surface area (Å²) in [5.41, 5.74) is 6.23. The number of benzene rings is 2. The second-order valence-electron chi connectivity index (χ2n) is 6.24. The number of halogens is 4. The van der Waals surface area contributed by atoms with Crippen molar-refractivity contribution >= 4 is 82.4 Å². The molecule has 2 atom stereocenters. The second-order valence-corrected chi connectivity index (χ2v) is 9.55. The largest absolute Gasteiger partial charge is 0.272 e. The number of amides is 2. The van der Waals surface area contributed by atoms with E-state index in [-0.39, 0.29) is 11.8 Å². The number of hydrogen-bond acceptors (Lipinski definition) is 5. The molecule has 2 rings (SSSR count). The molecule has 0 unspecified atom stereocenters. The lowest BCUT2D eigenvalue weighted by atomic mass is 10.2. The molecule has 0 aliphatic carbocycles. The van der Waals surface area contributed by atoms with Crippen molar-refractivity contribution in [1.82, 2.24) is 10.9 Å². The Hall–Kier alpha value is -1.77. The molecule has 0 saturated carbocycles. The van der Waals surface area contributed by atoms with Crippen LogP contribution in [0.1, 0.15) is 25.0 Å². The Morgan fingerprint density at radius 1 is 0.774 bits per heavy atom. The molecule has 0 bridgehead atoms. The number of nitrogens with one attached hydrogen (secondary N) is 2. The van der Waals surface area contributed by atoms with Gasteiger partial charge in [-0.25, -0.2) is 10.9 Å². The number of thioether (sulfide) groups is 1. The van der Waals surface area contributed by atoms with E-state index in [0.717, 1.165) is 0 Å². The summed E-state index contributed by atoms with van der Waals surface area (Å²) in [5, 5.41) is 8.40. The van der Waals surface area contributed by atoms with Gasteiger partial charge in [-0.05, 0) is 49.2 Å². The molecule has 0 heterocycles. The minimum Gasteiger partial charge on any atom is -0.272 e. The number of hydrazone groups is 2. The highest BCUT2D eigenvalue weighted by atomic mass is 35.5. The Labute approximate surface area is 204 Å². The summed E-state index contributed by atoms with van der Waals surface area (Å²) in [6, 6.07) is 9.96. The van der Waals surface area contributed by atoms with Gasteiger partial charge in [0.2, 0.25) is 0 Å². The average Bonchev–Trinajstić information content (AvgIpc) is 2.72. The molecule has 31 heavy (non-hydrogen) atoms. The molecule has 0 saturated heterocycles. The SMILES string of the molecule is C[C@H](S[C@@H](C)C(=O)N/N=C\c1ccc(Cl)c(Cl)c1)C(=O)N/N=C\c1ccc(Cl)c(Cl)c1. The topological polar surface area (TPSA) is 82.9 Å². The molecule has 0 aliphatic rings. The predicted molar refractivity (Wildman–Crippen MR) is 131 cm³/mol. The highest BCUT2D eigenvalue weighted by Crippen LogP contribution is 2.23. The molecule has 2 amide bonds. The van der Waals surface area contributed by atoms with E-state index in [4.69, 9.17) is 46.4 Å². The van der Waals surface area contributed by atoms with E-state index in [1.54, 1.807) is 50.2 Å². The molecule has 6 nitrogen and oxygen atoms in total. The number of nitrogens with zero attached hydrogens (tertiary/aromatic N) is 2. The van der Waals surface area contributed by atoms with E-state index in [0.29, 0.717) is 31.2 Å². The van der Waals surface area contributed by atoms with Gasteiger partial charge in [-0.3, -0.25) is 9.59 Å². The second kappa shape index (κ2) is 12.3. The van der Waals surface area contributed by atoms with Crippen molar-refractivity contribution in [3.05, 3.63) is 67.6 Å². The monoisotopic (exact) mass is 518 g/mol. The average molecular weight is 520 g/mol. The van der Waals surface area contributed by atoms with Crippen molar-refractivity contribution in [2.75, 3.05) is 0 Å². The molecule has 0 fully saturated rings. The standard InChI is InChI=1S/C20H18Cl4N4O2S/c1-11(19(29)27-25-9-13-3-5-15(21)17(23)7-13)31-12(2)20(30)28-26-10-14-4-6-16(22)18(24)8-14/h3-12H,1-2H3,(H,27,29)(H,28,30)/b25-9-,26-10-/t11-,12-/m0/s1. The van der Waals surface area contributed by atoms with Crippen LogP contribution in [0.4, 0.5) is 0 Å². The van der Waals surface area contributed by atoms with Crippen LogP contribution in [-0.2, 0) is 9.59 Å². The Morgan fingerprint density at radius 2 is 1.16 bits per heavy atom. The van der Waals surface area contributed by atoms with E-state index in [2.05, 4.69) is 21.1 Å². The van der Waals surface area contributed by atoms with Crippen LogP contribution in [0.5, 0.6) is 0 Å². The third-order valence-electron chi connectivity index (χ3n) is 3.81. The summed E-state index contributed by atoms with van der Waals surface area (Å²) < 4.78 is 0. The van der Waals surface area contributed by atoms with Gasteiger partial charge in [-0.1, -0.05) is 58.5 Å². The zero-order valence-corrected chi connectivity index (χ0v) is 20.2. The molecule has 0 aliphatic heterocycles. The van der Waals surface area contributed by atoms with Crippen molar-refractivity contribution < 1.29 is 9.59 Å². The molecular weight excluding hydrogens is 502 g/mol. The number of hydrogen-bond donors (Lipinski definition) is 2. The highest BCUT2D eigenvalue weighted by molar-refractivity contribution is 8.01. The minimum atomic E-state index is -0.522. The first kappa shape index (κ1) is 25.5. The number of carbonyl (C=O) groups excluding carboxylic acids is 2. The normalized spacial score (nSPS) is 13.4. The van der Waals surface area contributed by atoms with Crippen LogP contribution in [0.15, 0.2) is 46.6 Å². The van der Waals surface area contributed by atoms with Gasteiger partial charge in [0.15, 0.2) is 0 Å². The maximum atomic E-state index is 12.2. The maximum absolute atomic E-state index is 12.2. The van der Waals surface area contributed by atoms with Crippen LogP contribution in [0, 0.1) is 0 Å². The Morgan fingerprint density at radius 3 is 1.52 bits per heavy atom. The van der Waals surface area contributed by atoms with Crippen LogP contribution in [0.25, 0.3) is 0 Å². The van der Waals surface area contributed by atoms with E-state index in [1.807, 2.05) is 0 Å². The smallest absolute Gasteiger partial charge is 0.252 e. The third kappa shape index (κ3) is 8.35. The van der Waals surface area contributed by atoms with Gasteiger partial charge in [0.05, 0.1) is 43.0 Å². The molecule has 2 aromatic rings. The number of carbonyl (C=O) groups is 2. The summed E-state index contributed by atoms with van der Waals surface area (Å²) in [6.45, 7) is 3.36. The third-order valence-corrected chi connectivity index (χ3v) is 6.53. The van der Waals surface area contributed by atoms with E-state index < -0.39 is 10.5 Å². The lowest BCUT2D eigenvalue weighted by molar-refractivity contribution is -0.120. The minimum absolute atomic E-state index is 0.347. The van der Waals surface area contributed by atoms with Crippen LogP contribution < -0.4 is 10.9 Å². The van der Waals surface area contributed by atoms with Gasteiger partial charge >= 0.3 is 0 Å².